The Morgan fingerprint density at radius 2 is 1.43 bits per heavy atom. The fourth-order valence-corrected chi connectivity index (χ4v) is 3.07. The summed E-state index contributed by atoms with van der Waals surface area (Å²) in [5.41, 5.74) is 1.12. The molecule has 0 saturated carbocycles. The van der Waals surface area contributed by atoms with Crippen molar-refractivity contribution < 1.29 is 32.2 Å². The van der Waals surface area contributed by atoms with Gasteiger partial charge in [-0.05, 0) is 31.2 Å². The Hall–Kier alpha value is -3.20. The van der Waals surface area contributed by atoms with Gasteiger partial charge in [-0.15, -0.1) is 4.40 Å². The molecule has 0 aliphatic carbocycles. The molecule has 0 amide bonds. The Labute approximate surface area is 162 Å². The zero-order valence-corrected chi connectivity index (χ0v) is 16.3. The van der Waals surface area contributed by atoms with E-state index in [0.717, 1.165) is 19.8 Å². The molecule has 0 radical (unpaired) electrons. The topological polar surface area (TPSA) is 108 Å². The van der Waals surface area contributed by atoms with Gasteiger partial charge in [0, 0.05) is 5.56 Å². The Bertz CT molecular complexity index is 951. The molecule has 0 unspecified atom stereocenters. The minimum absolute atomic E-state index is 0.0668. The highest BCUT2D eigenvalue weighted by Crippen LogP contribution is 2.17. The molecule has 0 aromatic heterocycles. The third kappa shape index (κ3) is 5.17. The second-order valence-corrected chi connectivity index (χ2v) is 7.20. The third-order valence-electron chi connectivity index (χ3n) is 3.60. The SMILES string of the molecule is COC(=O)C(OC(=NS(=O)(=O)c1ccc(C)cc1)c1ccccc1)C(=O)OC. The van der Waals surface area contributed by atoms with Crippen LogP contribution >= 0.6 is 0 Å². The number of ether oxygens (including phenoxy) is 3. The Morgan fingerprint density at radius 3 is 1.93 bits per heavy atom. The van der Waals surface area contributed by atoms with E-state index in [2.05, 4.69) is 13.9 Å². The molecular formula is C19H19NO7S. The van der Waals surface area contributed by atoms with Crippen molar-refractivity contribution in [2.24, 2.45) is 4.40 Å². The molecule has 0 fully saturated rings. The fourth-order valence-electron chi connectivity index (χ4n) is 2.11. The second kappa shape index (κ2) is 9.14. The molecule has 0 atom stereocenters. The molecule has 0 bridgehead atoms. The van der Waals surface area contributed by atoms with Crippen LogP contribution in [0.3, 0.4) is 0 Å². The lowest BCUT2D eigenvalue weighted by Gasteiger charge is -2.16. The largest absolute Gasteiger partial charge is 0.466 e. The molecule has 0 aliphatic heterocycles. The smallest absolute Gasteiger partial charge is 0.359 e. The summed E-state index contributed by atoms with van der Waals surface area (Å²) in [5.74, 6) is -2.55. The van der Waals surface area contributed by atoms with E-state index in [1.54, 1.807) is 30.3 Å². The number of benzene rings is 2. The molecule has 2 aromatic rings. The van der Waals surface area contributed by atoms with Gasteiger partial charge in [-0.3, -0.25) is 0 Å². The summed E-state index contributed by atoms with van der Waals surface area (Å²) >= 11 is 0. The normalized spacial score (nSPS) is 11.8. The first-order valence-corrected chi connectivity index (χ1v) is 9.52. The van der Waals surface area contributed by atoms with Gasteiger partial charge < -0.3 is 14.2 Å². The van der Waals surface area contributed by atoms with Crippen LogP contribution in [0.15, 0.2) is 63.9 Å². The maximum atomic E-state index is 12.7. The van der Waals surface area contributed by atoms with E-state index >= 15 is 0 Å². The molecule has 148 valence electrons. The molecular weight excluding hydrogens is 386 g/mol. The average molecular weight is 405 g/mol. The summed E-state index contributed by atoms with van der Waals surface area (Å²) in [5, 5.41) is 0. The molecule has 0 spiro atoms. The van der Waals surface area contributed by atoms with Crippen LogP contribution in [0.4, 0.5) is 0 Å². The standard InChI is InChI=1S/C19H19NO7S/c1-13-9-11-15(12-10-13)28(23,24)20-17(14-7-5-4-6-8-14)27-16(18(21)25-2)19(22)26-3/h4-12,16H,1-3H3. The van der Waals surface area contributed by atoms with Crippen molar-refractivity contribution >= 4 is 27.9 Å². The predicted molar refractivity (Wildman–Crippen MR) is 100 cm³/mol. The van der Waals surface area contributed by atoms with E-state index in [1.165, 1.54) is 24.3 Å². The van der Waals surface area contributed by atoms with Crippen LogP contribution < -0.4 is 0 Å². The van der Waals surface area contributed by atoms with Crippen molar-refractivity contribution in [3.05, 3.63) is 65.7 Å². The number of sulfonamides is 1. The van der Waals surface area contributed by atoms with Crippen LogP contribution in [0.5, 0.6) is 0 Å². The van der Waals surface area contributed by atoms with Gasteiger partial charge >= 0.3 is 11.9 Å². The molecule has 0 heterocycles. The van der Waals surface area contributed by atoms with Gasteiger partial charge in [0.25, 0.3) is 16.1 Å². The van der Waals surface area contributed by atoms with Crippen molar-refractivity contribution in [1.29, 1.82) is 0 Å². The molecule has 0 N–H and O–H groups in total. The molecule has 9 heteroatoms. The summed E-state index contributed by atoms with van der Waals surface area (Å²) < 4.78 is 43.5. The van der Waals surface area contributed by atoms with Crippen molar-refractivity contribution in [3.63, 3.8) is 0 Å². The highest BCUT2D eigenvalue weighted by atomic mass is 32.2. The summed E-state index contributed by atoms with van der Waals surface area (Å²) in [7, 11) is -2.06. The van der Waals surface area contributed by atoms with Gasteiger partial charge in [0.1, 0.15) is 0 Å². The zero-order valence-electron chi connectivity index (χ0n) is 15.5. The van der Waals surface area contributed by atoms with E-state index in [9.17, 15) is 18.0 Å². The van der Waals surface area contributed by atoms with Crippen molar-refractivity contribution in [2.75, 3.05) is 14.2 Å². The van der Waals surface area contributed by atoms with Crippen LogP contribution in [-0.2, 0) is 33.8 Å². The van der Waals surface area contributed by atoms with E-state index in [1.807, 2.05) is 6.92 Å². The average Bonchev–Trinajstić information content (AvgIpc) is 2.70. The summed E-state index contributed by atoms with van der Waals surface area (Å²) in [6, 6.07) is 14.0. The fraction of sp³-hybridized carbons (Fsp3) is 0.211. The number of hydrogen-bond donors (Lipinski definition) is 0. The van der Waals surface area contributed by atoms with Gasteiger partial charge in [-0.25, -0.2) is 9.59 Å². The molecule has 2 aromatic carbocycles. The Balaban J connectivity index is 2.53. The van der Waals surface area contributed by atoms with Crippen molar-refractivity contribution in [2.45, 2.75) is 17.9 Å². The minimum atomic E-state index is -4.18. The van der Waals surface area contributed by atoms with Crippen LogP contribution in [0.1, 0.15) is 11.1 Å². The van der Waals surface area contributed by atoms with Gasteiger partial charge in [-0.2, -0.15) is 8.42 Å². The highest BCUT2D eigenvalue weighted by Gasteiger charge is 2.33. The van der Waals surface area contributed by atoms with Crippen molar-refractivity contribution in [3.8, 4) is 0 Å². The number of carbonyl (C=O) groups excluding carboxylic acids is 2. The van der Waals surface area contributed by atoms with Crippen LogP contribution in [0, 0.1) is 6.92 Å². The monoisotopic (exact) mass is 405 g/mol. The number of carbonyl (C=O) groups is 2. The third-order valence-corrected chi connectivity index (χ3v) is 4.88. The molecule has 0 saturated heterocycles. The second-order valence-electron chi connectivity index (χ2n) is 5.59. The van der Waals surface area contributed by atoms with Crippen LogP contribution in [0.2, 0.25) is 0 Å². The Morgan fingerprint density at radius 1 is 0.893 bits per heavy atom. The maximum absolute atomic E-state index is 12.7. The van der Waals surface area contributed by atoms with Gasteiger partial charge in [0.05, 0.1) is 19.1 Å². The lowest BCUT2D eigenvalue weighted by atomic mass is 10.2. The van der Waals surface area contributed by atoms with Gasteiger partial charge in [-0.1, -0.05) is 35.9 Å². The summed E-state index contributed by atoms with van der Waals surface area (Å²) in [6.07, 6.45) is -1.83. The highest BCUT2D eigenvalue weighted by molar-refractivity contribution is 7.90. The number of methoxy groups -OCH3 is 2. The first-order chi connectivity index (χ1) is 13.3. The number of aryl methyl sites for hydroxylation is 1. The lowest BCUT2D eigenvalue weighted by molar-refractivity contribution is -0.164. The zero-order chi connectivity index (χ0) is 20.7. The van der Waals surface area contributed by atoms with Crippen LogP contribution in [0.25, 0.3) is 0 Å². The lowest BCUT2D eigenvalue weighted by Crippen LogP contribution is -2.37. The first kappa shape index (κ1) is 21.1. The first-order valence-electron chi connectivity index (χ1n) is 8.08. The number of esters is 2. The van der Waals surface area contributed by atoms with Gasteiger partial charge in [0.15, 0.2) is 0 Å². The molecule has 8 nitrogen and oxygen atoms in total. The molecule has 2 rings (SSSR count). The van der Waals surface area contributed by atoms with Crippen LogP contribution in [-0.4, -0.2) is 46.6 Å². The molecule has 0 aliphatic rings. The number of rotatable bonds is 6. The summed E-state index contributed by atoms with van der Waals surface area (Å²) in [6.45, 7) is 1.81. The van der Waals surface area contributed by atoms with E-state index < -0.39 is 34.0 Å². The van der Waals surface area contributed by atoms with E-state index in [-0.39, 0.29) is 10.5 Å². The van der Waals surface area contributed by atoms with Gasteiger partial charge in [0.2, 0.25) is 5.90 Å². The van der Waals surface area contributed by atoms with E-state index in [0.29, 0.717) is 0 Å². The summed E-state index contributed by atoms with van der Waals surface area (Å²) in [4.78, 5) is 23.7. The maximum Gasteiger partial charge on any atom is 0.359 e. The van der Waals surface area contributed by atoms with Crippen molar-refractivity contribution in [1.82, 2.24) is 0 Å². The number of hydrogen-bond acceptors (Lipinski definition) is 7. The quantitative estimate of drug-likeness (QED) is 0.312. The Kier molecular flexibility index (Phi) is 6.89. The number of nitrogens with zero attached hydrogens (tertiary/aromatic N) is 1. The minimum Gasteiger partial charge on any atom is -0.466 e. The molecule has 28 heavy (non-hydrogen) atoms. The predicted octanol–water partition coefficient (Wildman–Crippen LogP) is 1.86. The van der Waals surface area contributed by atoms with E-state index in [4.69, 9.17) is 4.74 Å².